The van der Waals surface area contributed by atoms with Crippen LogP contribution in [0.15, 0.2) is 75.9 Å². The quantitative estimate of drug-likeness (QED) is 0.381. The maximum absolute atomic E-state index is 12.7. The molecule has 0 amide bonds. The Labute approximate surface area is 173 Å². The van der Waals surface area contributed by atoms with E-state index in [1.807, 2.05) is 67.6 Å². The smallest absolute Gasteiger partial charge is 0.344 e. The van der Waals surface area contributed by atoms with E-state index in [4.69, 9.17) is 25.5 Å². The zero-order chi connectivity index (χ0) is 20.4. The molecule has 0 aliphatic heterocycles. The van der Waals surface area contributed by atoms with Crippen LogP contribution in [0, 0.1) is 6.92 Å². The molecule has 4 rings (SSSR count). The maximum atomic E-state index is 12.7. The van der Waals surface area contributed by atoms with Gasteiger partial charge in [0.25, 0.3) is 0 Å². The molecule has 0 aliphatic carbocycles. The van der Waals surface area contributed by atoms with Crippen molar-refractivity contribution in [2.75, 3.05) is 7.11 Å². The number of hydrogen-bond acceptors (Lipinski definition) is 4. The molecule has 29 heavy (non-hydrogen) atoms. The summed E-state index contributed by atoms with van der Waals surface area (Å²) >= 11 is 6.17. The molecule has 146 valence electrons. The number of halogens is 1. The molecule has 0 atom stereocenters. The summed E-state index contributed by atoms with van der Waals surface area (Å²) in [6.45, 7) is 2.25. The first kappa shape index (κ1) is 19.1. The van der Waals surface area contributed by atoms with Gasteiger partial charge in [0, 0.05) is 22.0 Å². The van der Waals surface area contributed by atoms with Crippen LogP contribution in [0.2, 0.25) is 5.02 Å². The normalized spacial score (nSPS) is 10.9. The lowest BCUT2D eigenvalue weighted by Crippen LogP contribution is -2.06. The van der Waals surface area contributed by atoms with Crippen molar-refractivity contribution >= 4 is 22.6 Å². The molecule has 4 aromatic rings. The number of rotatable bonds is 5. The van der Waals surface area contributed by atoms with Gasteiger partial charge in [-0.05, 0) is 48.4 Å². The van der Waals surface area contributed by atoms with Crippen LogP contribution in [0.25, 0.3) is 22.1 Å². The summed E-state index contributed by atoms with van der Waals surface area (Å²) in [5.74, 6) is 1.34. The van der Waals surface area contributed by atoms with Gasteiger partial charge in [-0.25, -0.2) is 4.79 Å². The van der Waals surface area contributed by atoms with E-state index < -0.39 is 0 Å². The van der Waals surface area contributed by atoms with Gasteiger partial charge < -0.3 is 13.9 Å². The summed E-state index contributed by atoms with van der Waals surface area (Å²) in [6, 6.07) is 20.4. The van der Waals surface area contributed by atoms with Crippen molar-refractivity contribution in [1.29, 1.82) is 0 Å². The fourth-order valence-corrected chi connectivity index (χ4v) is 3.48. The first-order valence-corrected chi connectivity index (χ1v) is 9.52. The number of methoxy groups -OCH3 is 1. The van der Waals surface area contributed by atoms with Crippen molar-refractivity contribution in [2.45, 2.75) is 13.5 Å². The first-order valence-electron chi connectivity index (χ1n) is 9.15. The Morgan fingerprint density at radius 3 is 2.41 bits per heavy atom. The summed E-state index contributed by atoms with van der Waals surface area (Å²) in [5, 5.41) is 1.51. The lowest BCUT2D eigenvalue weighted by molar-refractivity contribution is 0.306. The fourth-order valence-electron chi connectivity index (χ4n) is 3.29. The predicted octanol–water partition coefficient (Wildman–Crippen LogP) is 6.01. The molecule has 0 radical (unpaired) electrons. The number of fused-ring (bicyclic) bond motifs is 1. The Morgan fingerprint density at radius 2 is 1.69 bits per heavy atom. The molecule has 0 aliphatic rings. The molecular formula is C24H19ClO4. The molecule has 0 unspecified atom stereocenters. The van der Waals surface area contributed by atoms with Gasteiger partial charge in [-0.2, -0.15) is 0 Å². The average Bonchev–Trinajstić information content (AvgIpc) is 2.73. The van der Waals surface area contributed by atoms with Crippen LogP contribution in [0.4, 0.5) is 0 Å². The standard InChI is InChI=1S/C24H19ClO4/c1-15-20-12-11-19(28-14-17-5-3-4-6-21(17)25)13-22(20)29-24(26)23(15)16-7-9-18(27-2)10-8-16/h3-13H,14H2,1-2H3. The van der Waals surface area contributed by atoms with Crippen LogP contribution in [0.3, 0.4) is 0 Å². The largest absolute Gasteiger partial charge is 0.497 e. The van der Waals surface area contributed by atoms with Crippen molar-refractivity contribution < 1.29 is 13.9 Å². The van der Waals surface area contributed by atoms with Crippen LogP contribution in [-0.4, -0.2) is 7.11 Å². The van der Waals surface area contributed by atoms with Crippen LogP contribution in [-0.2, 0) is 6.61 Å². The molecule has 3 aromatic carbocycles. The maximum Gasteiger partial charge on any atom is 0.344 e. The molecule has 1 aromatic heterocycles. The number of aryl methyl sites for hydroxylation is 1. The van der Waals surface area contributed by atoms with Crippen LogP contribution < -0.4 is 15.1 Å². The lowest BCUT2D eigenvalue weighted by atomic mass is 9.99. The molecule has 0 N–H and O–H groups in total. The highest BCUT2D eigenvalue weighted by atomic mass is 35.5. The van der Waals surface area contributed by atoms with E-state index in [0.29, 0.717) is 28.5 Å². The summed E-state index contributed by atoms with van der Waals surface area (Å²) in [7, 11) is 1.61. The van der Waals surface area contributed by atoms with Gasteiger partial charge in [0.2, 0.25) is 0 Å². The molecule has 0 saturated heterocycles. The van der Waals surface area contributed by atoms with Crippen molar-refractivity contribution in [2.24, 2.45) is 0 Å². The van der Waals surface area contributed by atoms with Gasteiger partial charge in [-0.1, -0.05) is 41.9 Å². The van der Waals surface area contributed by atoms with Crippen LogP contribution in [0.5, 0.6) is 11.5 Å². The second-order valence-corrected chi connectivity index (χ2v) is 7.06. The van der Waals surface area contributed by atoms with Gasteiger partial charge in [0.05, 0.1) is 12.7 Å². The molecule has 0 spiro atoms. The minimum atomic E-state index is -0.386. The monoisotopic (exact) mass is 406 g/mol. The zero-order valence-electron chi connectivity index (χ0n) is 16.1. The van der Waals surface area contributed by atoms with Crippen molar-refractivity contribution in [3.05, 3.63) is 93.3 Å². The summed E-state index contributed by atoms with van der Waals surface area (Å²) in [5.41, 5.74) is 3.19. The number of benzene rings is 3. The second-order valence-electron chi connectivity index (χ2n) is 6.66. The predicted molar refractivity (Wildman–Crippen MR) is 115 cm³/mol. The zero-order valence-corrected chi connectivity index (χ0v) is 16.8. The third kappa shape index (κ3) is 3.84. The van der Waals surface area contributed by atoms with E-state index in [2.05, 4.69) is 0 Å². The van der Waals surface area contributed by atoms with E-state index in [-0.39, 0.29) is 5.63 Å². The molecule has 4 nitrogen and oxygen atoms in total. The highest BCUT2D eigenvalue weighted by Gasteiger charge is 2.14. The molecule has 1 heterocycles. The minimum absolute atomic E-state index is 0.332. The molecule has 0 bridgehead atoms. The summed E-state index contributed by atoms with van der Waals surface area (Å²) < 4.78 is 16.6. The molecular weight excluding hydrogens is 388 g/mol. The first-order chi connectivity index (χ1) is 14.1. The fraction of sp³-hybridized carbons (Fsp3) is 0.125. The van der Waals surface area contributed by atoms with Crippen molar-refractivity contribution in [1.82, 2.24) is 0 Å². The second kappa shape index (κ2) is 8.02. The van der Waals surface area contributed by atoms with E-state index in [1.165, 1.54) is 0 Å². The van der Waals surface area contributed by atoms with Gasteiger partial charge >= 0.3 is 5.63 Å². The third-order valence-electron chi connectivity index (χ3n) is 4.87. The highest BCUT2D eigenvalue weighted by molar-refractivity contribution is 6.31. The van der Waals surface area contributed by atoms with Crippen LogP contribution >= 0.6 is 11.6 Å². The van der Waals surface area contributed by atoms with Crippen molar-refractivity contribution in [3.8, 4) is 22.6 Å². The molecule has 5 heteroatoms. The Kier molecular flexibility index (Phi) is 5.28. The highest BCUT2D eigenvalue weighted by Crippen LogP contribution is 2.30. The van der Waals surface area contributed by atoms with E-state index in [9.17, 15) is 4.79 Å². The Morgan fingerprint density at radius 1 is 0.966 bits per heavy atom. The van der Waals surface area contributed by atoms with E-state index in [1.54, 1.807) is 13.2 Å². The van der Waals surface area contributed by atoms with Gasteiger partial charge in [0.1, 0.15) is 23.7 Å². The van der Waals surface area contributed by atoms with E-state index in [0.717, 1.165) is 27.8 Å². The molecule has 0 fully saturated rings. The summed E-state index contributed by atoms with van der Waals surface area (Å²) in [4.78, 5) is 12.7. The van der Waals surface area contributed by atoms with Gasteiger partial charge in [-0.15, -0.1) is 0 Å². The molecule has 0 saturated carbocycles. The Bertz CT molecular complexity index is 1230. The Hall–Kier alpha value is -3.24. The van der Waals surface area contributed by atoms with Crippen LogP contribution in [0.1, 0.15) is 11.1 Å². The lowest BCUT2D eigenvalue weighted by Gasteiger charge is -2.11. The SMILES string of the molecule is COc1ccc(-c2c(C)c3ccc(OCc4ccccc4Cl)cc3oc2=O)cc1. The summed E-state index contributed by atoms with van der Waals surface area (Å²) in [6.07, 6.45) is 0. The minimum Gasteiger partial charge on any atom is -0.497 e. The van der Waals surface area contributed by atoms with Crippen molar-refractivity contribution in [3.63, 3.8) is 0 Å². The van der Waals surface area contributed by atoms with E-state index >= 15 is 0 Å². The Balaban J connectivity index is 1.68. The third-order valence-corrected chi connectivity index (χ3v) is 5.24. The number of ether oxygens (including phenoxy) is 2. The van der Waals surface area contributed by atoms with Gasteiger partial charge in [-0.3, -0.25) is 0 Å². The van der Waals surface area contributed by atoms with Gasteiger partial charge in [0.15, 0.2) is 0 Å². The topological polar surface area (TPSA) is 48.7 Å². The average molecular weight is 407 g/mol. The number of hydrogen-bond donors (Lipinski definition) is 0.